The molecule has 13 heavy (non-hydrogen) atoms. The molecule has 0 aromatic carbocycles. The third-order valence-corrected chi connectivity index (χ3v) is 0. The summed E-state index contributed by atoms with van der Waals surface area (Å²) >= 11 is 0. The number of rotatable bonds is 0. The zero-order valence-corrected chi connectivity index (χ0v) is 21.2. The Morgan fingerprint density at radius 3 is 1.00 bits per heavy atom. The monoisotopic (exact) mass is 312 g/mol. The predicted molar refractivity (Wildman–Crippen MR) is 15.2 cm³/mol. The average Bonchev–Trinajstić information content (AvgIpc) is 1.19. The van der Waals surface area contributed by atoms with Gasteiger partial charge in [0.05, 0.1) is 7.82 Å². The Hall–Kier alpha value is 5.93. The average molecular weight is 312 g/mol. The minimum Gasteiger partial charge on any atom is -0.790 e. The van der Waals surface area contributed by atoms with Gasteiger partial charge in [-0.3, -0.25) is 0 Å². The van der Waals surface area contributed by atoms with Crippen LogP contribution >= 0.6 is 7.82 Å². The summed E-state index contributed by atoms with van der Waals surface area (Å²) in [5, 5.41) is 16.7. The standard InChI is InChI=1S/CH2O3.4K.H3O4P/c2-1(3)4;;;;;1-5(2,3)4/h(H2,2,3,4);;;;;(H3,1,2,3,4)/q;4*+1;/p-4. The second kappa shape index (κ2) is 23.1. The van der Waals surface area contributed by atoms with Gasteiger partial charge in [0, 0.05) is 0 Å². The molecule has 0 amide bonds. The van der Waals surface area contributed by atoms with Crippen LogP contribution in [0.25, 0.3) is 0 Å². The third-order valence-electron chi connectivity index (χ3n) is 0. The number of hydrogen-bond acceptors (Lipinski definition) is 6. The van der Waals surface area contributed by atoms with Gasteiger partial charge in [-0.05, 0) is 6.16 Å². The Morgan fingerprint density at radius 1 is 1.00 bits per heavy atom. The van der Waals surface area contributed by atoms with Crippen molar-refractivity contribution in [3.8, 4) is 0 Å². The van der Waals surface area contributed by atoms with E-state index in [1.165, 1.54) is 0 Å². The van der Waals surface area contributed by atoms with Gasteiger partial charge in [0.25, 0.3) is 0 Å². The van der Waals surface area contributed by atoms with Gasteiger partial charge in [0.1, 0.15) is 0 Å². The van der Waals surface area contributed by atoms with Crippen molar-refractivity contribution in [1.29, 1.82) is 0 Å². The maximum Gasteiger partial charge on any atom is 1.00 e. The SMILES string of the molecule is O=C([O-])[O-].O=P([O-])([O-])O.[K+].[K+].[K+].[K+]. The van der Waals surface area contributed by atoms with Crippen LogP contribution in [0.15, 0.2) is 0 Å². The number of phosphoric acid groups is 1. The molecule has 0 aliphatic rings. The van der Waals surface area contributed by atoms with Crippen LogP contribution in [-0.2, 0) is 4.57 Å². The van der Waals surface area contributed by atoms with Crippen molar-refractivity contribution in [2.45, 2.75) is 0 Å². The molecule has 0 aromatic rings. The fraction of sp³-hybridized carbons (Fsp3) is 0. The second-order valence-corrected chi connectivity index (χ2v) is 1.66. The molecule has 12 heteroatoms. The summed E-state index contributed by atoms with van der Waals surface area (Å²) in [7, 11) is -5.14. The molecule has 0 heterocycles. The summed E-state index contributed by atoms with van der Waals surface area (Å²) in [6.07, 6.45) is -2.33. The van der Waals surface area contributed by atoms with Gasteiger partial charge >= 0.3 is 206 Å². The molecule has 0 spiro atoms. The maximum absolute atomic E-state index is 8.66. The van der Waals surface area contributed by atoms with E-state index in [9.17, 15) is 0 Å². The summed E-state index contributed by atoms with van der Waals surface area (Å²) in [5.74, 6) is 0. The Morgan fingerprint density at radius 2 is 1.00 bits per heavy atom. The minimum absolute atomic E-state index is 0. The smallest absolute Gasteiger partial charge is 0.790 e. The van der Waals surface area contributed by atoms with E-state index in [-0.39, 0.29) is 206 Å². The van der Waals surface area contributed by atoms with Crippen LogP contribution in [-0.4, -0.2) is 11.0 Å². The van der Waals surface area contributed by atoms with Crippen molar-refractivity contribution >= 4 is 14.0 Å². The van der Waals surface area contributed by atoms with Gasteiger partial charge in [-0.2, -0.15) is 0 Å². The summed E-state index contributed by atoms with van der Waals surface area (Å²) < 4.78 is 8.66. The van der Waals surface area contributed by atoms with E-state index in [4.69, 9.17) is 34.3 Å². The van der Waals surface area contributed by atoms with Gasteiger partial charge < -0.3 is 34.3 Å². The molecule has 0 fully saturated rings. The van der Waals surface area contributed by atoms with E-state index < -0.39 is 14.0 Å². The summed E-state index contributed by atoms with van der Waals surface area (Å²) in [6, 6.07) is 0. The molecule has 0 aromatic heterocycles. The molecule has 0 aliphatic heterocycles. The Labute approximate surface area is 245 Å². The fourth-order valence-electron chi connectivity index (χ4n) is 0. The molecule has 0 unspecified atom stereocenters. The molecule has 56 valence electrons. The van der Waals surface area contributed by atoms with E-state index in [1.807, 2.05) is 0 Å². The van der Waals surface area contributed by atoms with Crippen molar-refractivity contribution in [3.63, 3.8) is 0 Å². The van der Waals surface area contributed by atoms with E-state index >= 15 is 0 Å². The summed E-state index contributed by atoms with van der Waals surface area (Å²) in [5.41, 5.74) is 0. The first kappa shape index (κ1) is 36.4. The minimum atomic E-state index is -5.14. The van der Waals surface area contributed by atoms with Gasteiger partial charge in [-0.25, -0.2) is 0 Å². The number of carbonyl (C=O) groups is 1. The number of carboxylic acid groups (broad SMARTS) is 2. The molecule has 7 nitrogen and oxygen atoms in total. The second-order valence-electron chi connectivity index (χ2n) is 0.719. The number of hydrogen-bond donors (Lipinski definition) is 1. The first-order chi connectivity index (χ1) is 3.73. The van der Waals surface area contributed by atoms with Crippen LogP contribution < -0.4 is 226 Å². The molecule has 1 N–H and O–H groups in total. The van der Waals surface area contributed by atoms with Crippen molar-refractivity contribution < 1.29 is 240 Å². The zero-order chi connectivity index (χ0) is 8.08. The molecule has 0 saturated heterocycles. The van der Waals surface area contributed by atoms with Gasteiger partial charge in [0.15, 0.2) is 0 Å². The van der Waals surface area contributed by atoms with Gasteiger partial charge in [-0.15, -0.1) is 0 Å². The van der Waals surface area contributed by atoms with Crippen molar-refractivity contribution in [2.75, 3.05) is 0 Å². The van der Waals surface area contributed by atoms with Crippen LogP contribution in [0, 0.1) is 0 Å². The summed E-state index contributed by atoms with van der Waals surface area (Å²) in [4.78, 5) is 32.6. The Bertz CT molecular complexity index is 120. The Balaban J connectivity index is -0.0000000146. The van der Waals surface area contributed by atoms with Gasteiger partial charge in [-0.1, -0.05) is 0 Å². The molecule has 0 aliphatic carbocycles. The van der Waals surface area contributed by atoms with Crippen LogP contribution in [0.1, 0.15) is 0 Å². The predicted octanol–water partition coefficient (Wildman–Crippen LogP) is -16.6. The quantitative estimate of drug-likeness (QED) is 0.345. The Kier molecular flexibility index (Phi) is 64.5. The molecule has 0 radical (unpaired) electrons. The molecular formula is CHK4O7P. The van der Waals surface area contributed by atoms with Crippen LogP contribution in [0.5, 0.6) is 0 Å². The number of carbonyl (C=O) groups excluding carboxylic acids is 1. The first-order valence-electron chi connectivity index (χ1n) is 1.36. The normalized spacial score (nSPS) is 6.38. The van der Waals surface area contributed by atoms with Crippen LogP contribution in [0.3, 0.4) is 0 Å². The molecule has 0 atom stereocenters. The molecule has 0 rings (SSSR count). The largest absolute Gasteiger partial charge is 1.00 e. The summed E-state index contributed by atoms with van der Waals surface area (Å²) in [6.45, 7) is 0. The topological polar surface area (TPSA) is 147 Å². The van der Waals surface area contributed by atoms with Crippen molar-refractivity contribution in [2.24, 2.45) is 0 Å². The molecular weight excluding hydrogens is 311 g/mol. The van der Waals surface area contributed by atoms with Crippen molar-refractivity contribution in [3.05, 3.63) is 0 Å². The first-order valence-corrected chi connectivity index (χ1v) is 2.86. The van der Waals surface area contributed by atoms with E-state index in [0.29, 0.717) is 0 Å². The maximum atomic E-state index is 8.66. The molecule has 0 saturated carbocycles. The zero-order valence-electron chi connectivity index (χ0n) is 7.84. The van der Waals surface area contributed by atoms with Crippen molar-refractivity contribution in [1.82, 2.24) is 0 Å². The van der Waals surface area contributed by atoms with E-state index in [1.54, 1.807) is 0 Å². The fourth-order valence-corrected chi connectivity index (χ4v) is 0. The third kappa shape index (κ3) is 129. The van der Waals surface area contributed by atoms with E-state index in [2.05, 4.69) is 0 Å². The van der Waals surface area contributed by atoms with Gasteiger partial charge in [0.2, 0.25) is 0 Å². The van der Waals surface area contributed by atoms with Crippen LogP contribution in [0.2, 0.25) is 0 Å². The molecule has 0 bridgehead atoms. The van der Waals surface area contributed by atoms with Crippen LogP contribution in [0.4, 0.5) is 4.79 Å². The van der Waals surface area contributed by atoms with E-state index in [0.717, 1.165) is 0 Å².